The molecule has 0 heterocycles. The molecule has 0 aliphatic rings. The average molecular weight is 348 g/mol. The van der Waals surface area contributed by atoms with E-state index in [1.807, 2.05) is 61.5 Å². The highest BCUT2D eigenvalue weighted by molar-refractivity contribution is 6.09. The molecule has 1 amide bonds. The number of amides is 1. The topological polar surface area (TPSA) is 62.1 Å². The van der Waals surface area contributed by atoms with Crippen molar-refractivity contribution < 1.29 is 9.53 Å². The fourth-order valence-corrected chi connectivity index (χ4v) is 2.29. The first kappa shape index (κ1) is 19.3. The lowest BCUT2D eigenvalue weighted by Gasteiger charge is -2.08. The zero-order chi connectivity index (χ0) is 18.9. The summed E-state index contributed by atoms with van der Waals surface area (Å²) in [5, 5.41) is 12.1. The van der Waals surface area contributed by atoms with E-state index in [0.717, 1.165) is 23.3 Å². The van der Waals surface area contributed by atoms with Crippen LogP contribution in [-0.4, -0.2) is 12.5 Å². The number of nitriles is 1. The Morgan fingerprint density at radius 3 is 2.50 bits per heavy atom. The van der Waals surface area contributed by atoms with Crippen LogP contribution in [0.1, 0.15) is 31.4 Å². The Labute approximate surface area is 155 Å². The molecule has 0 saturated carbocycles. The molecule has 0 aromatic heterocycles. The summed E-state index contributed by atoms with van der Waals surface area (Å²) in [6.45, 7) is 6.89. The number of hydrogen-bond donors (Lipinski definition) is 1. The monoisotopic (exact) mass is 348 g/mol. The third-order valence-electron chi connectivity index (χ3n) is 3.91. The lowest BCUT2D eigenvalue weighted by atomic mass is 10.1. The summed E-state index contributed by atoms with van der Waals surface area (Å²) in [5.41, 5.74) is 2.48. The van der Waals surface area contributed by atoms with Gasteiger partial charge in [-0.1, -0.05) is 44.2 Å². The molecule has 0 spiro atoms. The molecule has 4 heteroatoms. The van der Waals surface area contributed by atoms with Crippen LogP contribution in [0.3, 0.4) is 0 Å². The number of nitrogens with one attached hydrogen (secondary N) is 1. The van der Waals surface area contributed by atoms with Crippen LogP contribution < -0.4 is 10.1 Å². The van der Waals surface area contributed by atoms with Gasteiger partial charge in [0.05, 0.1) is 6.61 Å². The summed E-state index contributed by atoms with van der Waals surface area (Å²) in [6, 6.07) is 16.8. The number of ether oxygens (including phenoxy) is 1. The van der Waals surface area contributed by atoms with Gasteiger partial charge in [0, 0.05) is 5.69 Å². The van der Waals surface area contributed by atoms with Crippen LogP contribution in [0.15, 0.2) is 54.1 Å². The van der Waals surface area contributed by atoms with Gasteiger partial charge in [-0.25, -0.2) is 0 Å². The summed E-state index contributed by atoms with van der Waals surface area (Å²) in [6.07, 6.45) is 2.57. The number of hydrogen-bond acceptors (Lipinski definition) is 3. The molecule has 0 atom stereocenters. The van der Waals surface area contributed by atoms with Crippen LogP contribution in [0.4, 0.5) is 5.69 Å². The number of benzene rings is 2. The second-order valence-corrected chi connectivity index (χ2v) is 6.54. The van der Waals surface area contributed by atoms with E-state index < -0.39 is 5.91 Å². The molecule has 0 radical (unpaired) electrons. The zero-order valence-electron chi connectivity index (χ0n) is 15.5. The van der Waals surface area contributed by atoms with E-state index >= 15 is 0 Å². The molecular weight excluding hydrogens is 324 g/mol. The lowest BCUT2D eigenvalue weighted by Crippen LogP contribution is -2.14. The average Bonchev–Trinajstić information content (AvgIpc) is 2.62. The largest absolute Gasteiger partial charge is 0.494 e. The van der Waals surface area contributed by atoms with Crippen molar-refractivity contribution in [3.63, 3.8) is 0 Å². The molecule has 0 aliphatic carbocycles. The van der Waals surface area contributed by atoms with Crippen molar-refractivity contribution in [2.24, 2.45) is 5.92 Å². The minimum Gasteiger partial charge on any atom is -0.494 e. The predicted octanol–water partition coefficient (Wildman–Crippen LogP) is 4.97. The maximum atomic E-state index is 12.3. The molecule has 0 aliphatic heterocycles. The Kier molecular flexibility index (Phi) is 6.99. The third-order valence-corrected chi connectivity index (χ3v) is 3.91. The van der Waals surface area contributed by atoms with E-state index in [2.05, 4.69) is 19.2 Å². The Balaban J connectivity index is 2.04. The number of para-hydroxylation sites is 1. The Bertz CT molecular complexity index is 815. The molecule has 4 nitrogen and oxygen atoms in total. The van der Waals surface area contributed by atoms with Gasteiger partial charge in [0.25, 0.3) is 5.91 Å². The summed E-state index contributed by atoms with van der Waals surface area (Å²) < 4.78 is 5.68. The summed E-state index contributed by atoms with van der Waals surface area (Å²) in [7, 11) is 0. The van der Waals surface area contributed by atoms with Crippen molar-refractivity contribution in [2.45, 2.75) is 27.2 Å². The van der Waals surface area contributed by atoms with E-state index in [1.165, 1.54) is 0 Å². The summed E-state index contributed by atoms with van der Waals surface area (Å²) >= 11 is 0. The van der Waals surface area contributed by atoms with Crippen LogP contribution in [0.5, 0.6) is 5.75 Å². The lowest BCUT2D eigenvalue weighted by molar-refractivity contribution is -0.112. The van der Waals surface area contributed by atoms with Crippen molar-refractivity contribution in [2.75, 3.05) is 11.9 Å². The second kappa shape index (κ2) is 9.43. The van der Waals surface area contributed by atoms with E-state index in [1.54, 1.807) is 6.08 Å². The van der Waals surface area contributed by atoms with Crippen molar-refractivity contribution in [3.8, 4) is 11.8 Å². The molecule has 0 bridgehead atoms. The van der Waals surface area contributed by atoms with Crippen molar-refractivity contribution in [3.05, 3.63) is 65.2 Å². The molecule has 2 rings (SSSR count). The first-order chi connectivity index (χ1) is 12.5. The molecule has 2 aromatic rings. The van der Waals surface area contributed by atoms with Gasteiger partial charge < -0.3 is 10.1 Å². The van der Waals surface area contributed by atoms with Crippen LogP contribution in [0.25, 0.3) is 6.08 Å². The smallest absolute Gasteiger partial charge is 0.266 e. The van der Waals surface area contributed by atoms with E-state index in [9.17, 15) is 10.1 Å². The van der Waals surface area contributed by atoms with Crippen molar-refractivity contribution in [1.29, 1.82) is 5.26 Å². The number of carbonyl (C=O) groups is 1. The van der Waals surface area contributed by atoms with Gasteiger partial charge in [0.2, 0.25) is 0 Å². The molecule has 0 fully saturated rings. The standard InChI is InChI=1S/C22H24N2O2/c1-16(2)12-13-26-20-10-8-18(9-11-20)14-19(15-23)22(25)24-21-7-5-4-6-17(21)3/h4-11,14,16H,12-13H2,1-3H3,(H,24,25)/b19-14+. The number of carbonyl (C=O) groups excluding carboxylic acids is 1. The van der Waals surface area contributed by atoms with E-state index in [4.69, 9.17) is 4.74 Å². The first-order valence-electron chi connectivity index (χ1n) is 8.71. The fraction of sp³-hybridized carbons (Fsp3) is 0.273. The van der Waals surface area contributed by atoms with Crippen LogP contribution in [-0.2, 0) is 4.79 Å². The molecule has 1 N–H and O–H groups in total. The van der Waals surface area contributed by atoms with E-state index in [-0.39, 0.29) is 5.57 Å². The van der Waals surface area contributed by atoms with Gasteiger partial charge in [0.15, 0.2) is 0 Å². The van der Waals surface area contributed by atoms with Gasteiger partial charge in [0.1, 0.15) is 17.4 Å². The zero-order valence-corrected chi connectivity index (χ0v) is 15.5. The molecule has 134 valence electrons. The minimum absolute atomic E-state index is 0.0572. The maximum absolute atomic E-state index is 12.3. The predicted molar refractivity (Wildman–Crippen MR) is 105 cm³/mol. The Hall–Kier alpha value is -3.06. The van der Waals surface area contributed by atoms with Gasteiger partial charge in [-0.2, -0.15) is 5.26 Å². The summed E-state index contributed by atoms with van der Waals surface area (Å²) in [5.74, 6) is 0.965. The van der Waals surface area contributed by atoms with Crippen LogP contribution >= 0.6 is 0 Å². The summed E-state index contributed by atoms with van der Waals surface area (Å²) in [4.78, 5) is 12.3. The molecule has 0 unspecified atom stereocenters. The molecule has 26 heavy (non-hydrogen) atoms. The SMILES string of the molecule is Cc1ccccc1NC(=O)/C(C#N)=C/c1ccc(OCCC(C)C)cc1. The van der Waals surface area contributed by atoms with Gasteiger partial charge >= 0.3 is 0 Å². The highest BCUT2D eigenvalue weighted by atomic mass is 16.5. The fourth-order valence-electron chi connectivity index (χ4n) is 2.29. The quantitative estimate of drug-likeness (QED) is 0.568. The minimum atomic E-state index is -0.418. The number of anilines is 1. The van der Waals surface area contributed by atoms with Gasteiger partial charge in [-0.15, -0.1) is 0 Å². The van der Waals surface area contributed by atoms with E-state index in [0.29, 0.717) is 18.2 Å². The van der Waals surface area contributed by atoms with Gasteiger partial charge in [-0.3, -0.25) is 4.79 Å². The van der Waals surface area contributed by atoms with Crippen LogP contribution in [0.2, 0.25) is 0 Å². The van der Waals surface area contributed by atoms with Crippen molar-refractivity contribution >= 4 is 17.7 Å². The van der Waals surface area contributed by atoms with Gasteiger partial charge in [-0.05, 0) is 54.7 Å². The second-order valence-electron chi connectivity index (χ2n) is 6.54. The Morgan fingerprint density at radius 2 is 1.88 bits per heavy atom. The normalized spacial score (nSPS) is 11.1. The Morgan fingerprint density at radius 1 is 1.19 bits per heavy atom. The first-order valence-corrected chi connectivity index (χ1v) is 8.71. The number of nitrogens with zero attached hydrogens (tertiary/aromatic N) is 1. The number of aryl methyl sites for hydroxylation is 1. The molecule has 0 saturated heterocycles. The molecular formula is C22H24N2O2. The highest BCUT2D eigenvalue weighted by Gasteiger charge is 2.10. The van der Waals surface area contributed by atoms with Crippen LogP contribution in [0, 0.1) is 24.2 Å². The molecule has 2 aromatic carbocycles. The third kappa shape index (κ3) is 5.78. The number of rotatable bonds is 7. The maximum Gasteiger partial charge on any atom is 0.266 e. The van der Waals surface area contributed by atoms with Crippen molar-refractivity contribution in [1.82, 2.24) is 0 Å². The highest BCUT2D eigenvalue weighted by Crippen LogP contribution is 2.17.